The van der Waals surface area contributed by atoms with E-state index < -0.39 is 0 Å². The van der Waals surface area contributed by atoms with Crippen LogP contribution in [-0.2, 0) is 0 Å². The van der Waals surface area contributed by atoms with Crippen LogP contribution >= 0.6 is 0 Å². The molecule has 0 saturated carbocycles. The monoisotopic (exact) mass is 246 g/mol. The first-order valence-electron chi connectivity index (χ1n) is 7.10. The Kier molecular flexibility index (Phi) is 8.45. The van der Waals surface area contributed by atoms with Gasteiger partial charge in [0.2, 0.25) is 0 Å². The third kappa shape index (κ3) is 6.64. The van der Waals surface area contributed by atoms with Crippen LogP contribution in [0.2, 0.25) is 0 Å². The zero-order valence-electron chi connectivity index (χ0n) is 12.9. The highest BCUT2D eigenvalue weighted by atomic mass is 14.3. The Morgan fingerprint density at radius 2 is 1.72 bits per heavy atom. The van der Waals surface area contributed by atoms with Gasteiger partial charge in [-0.15, -0.1) is 6.58 Å². The van der Waals surface area contributed by atoms with E-state index in [1.807, 2.05) is 0 Å². The van der Waals surface area contributed by atoms with Crippen molar-refractivity contribution in [3.05, 3.63) is 48.1 Å². The van der Waals surface area contributed by atoms with Crippen molar-refractivity contribution in [1.29, 1.82) is 0 Å². The maximum atomic E-state index is 4.07. The minimum absolute atomic E-state index is 0.0836. The highest BCUT2D eigenvalue weighted by Gasteiger charge is 2.22. The lowest BCUT2D eigenvalue weighted by Crippen LogP contribution is -2.15. The molecular formula is C18H30. The smallest absolute Gasteiger partial charge is 0.0132 e. The molecule has 0 aliphatic carbocycles. The summed E-state index contributed by atoms with van der Waals surface area (Å²) in [5, 5.41) is 0. The summed E-state index contributed by atoms with van der Waals surface area (Å²) in [6, 6.07) is 0. The van der Waals surface area contributed by atoms with Crippen molar-refractivity contribution in [2.75, 3.05) is 0 Å². The van der Waals surface area contributed by atoms with Crippen molar-refractivity contribution in [3.8, 4) is 0 Å². The predicted octanol–water partition coefficient (Wildman–Crippen LogP) is 6.23. The van der Waals surface area contributed by atoms with Crippen LogP contribution in [0.1, 0.15) is 60.3 Å². The predicted molar refractivity (Wildman–Crippen MR) is 84.8 cm³/mol. The van der Waals surface area contributed by atoms with E-state index in [9.17, 15) is 0 Å². The Morgan fingerprint density at radius 3 is 2.17 bits per heavy atom. The molecule has 102 valence electrons. The average molecular weight is 246 g/mol. The van der Waals surface area contributed by atoms with E-state index in [-0.39, 0.29) is 5.41 Å². The summed E-state index contributed by atoms with van der Waals surface area (Å²) in [6.45, 7) is 15.0. The van der Waals surface area contributed by atoms with Gasteiger partial charge in [-0.2, -0.15) is 0 Å². The summed E-state index contributed by atoms with van der Waals surface area (Å²) in [5.74, 6) is 0. The lowest BCUT2D eigenvalue weighted by Gasteiger charge is -2.27. The molecular weight excluding hydrogens is 216 g/mol. The summed E-state index contributed by atoms with van der Waals surface area (Å²) in [5.41, 5.74) is 2.91. The number of hydrogen-bond donors (Lipinski definition) is 0. The Morgan fingerprint density at radius 1 is 1.06 bits per heavy atom. The Labute approximate surface area is 114 Å². The van der Waals surface area contributed by atoms with Crippen molar-refractivity contribution in [1.82, 2.24) is 0 Å². The van der Waals surface area contributed by atoms with Crippen molar-refractivity contribution >= 4 is 0 Å². The average Bonchev–Trinajstić information content (AvgIpc) is 2.28. The van der Waals surface area contributed by atoms with Gasteiger partial charge >= 0.3 is 0 Å². The molecule has 0 aliphatic heterocycles. The summed E-state index contributed by atoms with van der Waals surface area (Å²) < 4.78 is 0. The van der Waals surface area contributed by atoms with E-state index >= 15 is 0 Å². The first-order valence-corrected chi connectivity index (χ1v) is 7.10. The Bertz CT molecular complexity index is 324. The van der Waals surface area contributed by atoms with Crippen molar-refractivity contribution in [3.63, 3.8) is 0 Å². The zero-order chi connectivity index (χ0) is 14.0. The first kappa shape index (κ1) is 17.0. The molecule has 0 radical (unpaired) electrons. The maximum Gasteiger partial charge on any atom is 0.0132 e. The number of hydrogen-bond acceptors (Lipinski definition) is 0. The molecule has 0 heterocycles. The third-order valence-electron chi connectivity index (χ3n) is 3.04. The molecule has 0 rings (SSSR count). The quantitative estimate of drug-likeness (QED) is 0.445. The minimum Gasteiger partial charge on any atom is -0.102 e. The molecule has 1 atom stereocenters. The van der Waals surface area contributed by atoms with Crippen LogP contribution in [0.3, 0.4) is 0 Å². The van der Waals surface area contributed by atoms with Crippen LogP contribution in [0.15, 0.2) is 48.1 Å². The van der Waals surface area contributed by atoms with Gasteiger partial charge < -0.3 is 0 Å². The van der Waals surface area contributed by atoms with E-state index in [2.05, 4.69) is 71.6 Å². The molecule has 0 nitrogen and oxygen atoms in total. The fraction of sp³-hybridized carbons (Fsp3) is 0.556. The molecule has 0 saturated heterocycles. The normalized spacial score (nSPS) is 15.5. The van der Waals surface area contributed by atoms with Crippen LogP contribution in [0.5, 0.6) is 0 Å². The molecule has 0 heteroatoms. The standard InChI is InChI=1S/C18H30/c1-7-10-11-13-18(9-3,14-16(4)5)15-17(6)12-8-2/h9-12,14H,3,7-8,13,15H2,1-2,4-6H3. The lowest BCUT2D eigenvalue weighted by molar-refractivity contribution is 0.490. The fourth-order valence-corrected chi connectivity index (χ4v) is 2.38. The van der Waals surface area contributed by atoms with E-state index in [0.717, 1.165) is 25.7 Å². The topological polar surface area (TPSA) is 0 Å². The summed E-state index contributed by atoms with van der Waals surface area (Å²) in [7, 11) is 0. The van der Waals surface area contributed by atoms with Crippen LogP contribution in [0.25, 0.3) is 0 Å². The molecule has 0 aliphatic rings. The molecule has 1 unspecified atom stereocenters. The number of rotatable bonds is 8. The Balaban J connectivity index is 5.10. The second-order valence-electron chi connectivity index (χ2n) is 5.38. The SMILES string of the molecule is C=CC(C=C(C)C)(CC=CCC)CC(C)=CCC. The van der Waals surface area contributed by atoms with Gasteiger partial charge in [0.05, 0.1) is 0 Å². The fourth-order valence-electron chi connectivity index (χ4n) is 2.38. The van der Waals surface area contributed by atoms with Crippen molar-refractivity contribution in [2.24, 2.45) is 5.41 Å². The zero-order valence-corrected chi connectivity index (χ0v) is 12.9. The summed E-state index contributed by atoms with van der Waals surface area (Å²) >= 11 is 0. The van der Waals surface area contributed by atoms with Crippen LogP contribution in [-0.4, -0.2) is 0 Å². The summed E-state index contributed by atoms with van der Waals surface area (Å²) in [6.07, 6.45) is 15.7. The van der Waals surface area contributed by atoms with E-state index in [0.29, 0.717) is 0 Å². The number of allylic oxidation sites excluding steroid dienone is 7. The van der Waals surface area contributed by atoms with E-state index in [1.54, 1.807) is 0 Å². The van der Waals surface area contributed by atoms with Crippen molar-refractivity contribution < 1.29 is 0 Å². The lowest BCUT2D eigenvalue weighted by atomic mass is 9.77. The molecule has 0 aromatic rings. The van der Waals surface area contributed by atoms with Gasteiger partial charge in [0.1, 0.15) is 0 Å². The molecule has 0 fully saturated rings. The highest BCUT2D eigenvalue weighted by Crippen LogP contribution is 2.35. The van der Waals surface area contributed by atoms with E-state index in [1.165, 1.54) is 11.1 Å². The van der Waals surface area contributed by atoms with Gasteiger partial charge in [-0.25, -0.2) is 0 Å². The molecule has 18 heavy (non-hydrogen) atoms. The third-order valence-corrected chi connectivity index (χ3v) is 3.04. The minimum atomic E-state index is 0.0836. The molecule has 0 spiro atoms. The maximum absolute atomic E-state index is 4.07. The largest absolute Gasteiger partial charge is 0.102 e. The molecule has 0 aromatic heterocycles. The second-order valence-corrected chi connectivity index (χ2v) is 5.38. The van der Waals surface area contributed by atoms with Crippen LogP contribution in [0, 0.1) is 5.41 Å². The Hall–Kier alpha value is -1.04. The van der Waals surface area contributed by atoms with Gasteiger partial charge in [-0.3, -0.25) is 0 Å². The molecule has 0 N–H and O–H groups in total. The second kappa shape index (κ2) is 8.97. The molecule has 0 bridgehead atoms. The van der Waals surface area contributed by atoms with Gasteiger partial charge in [-0.05, 0) is 46.5 Å². The first-order chi connectivity index (χ1) is 8.49. The molecule has 0 aromatic carbocycles. The molecule has 0 amide bonds. The van der Waals surface area contributed by atoms with Crippen LogP contribution in [0.4, 0.5) is 0 Å². The van der Waals surface area contributed by atoms with E-state index in [4.69, 9.17) is 0 Å². The highest BCUT2D eigenvalue weighted by molar-refractivity contribution is 5.20. The van der Waals surface area contributed by atoms with Crippen molar-refractivity contribution in [2.45, 2.75) is 60.3 Å². The summed E-state index contributed by atoms with van der Waals surface area (Å²) in [4.78, 5) is 0. The van der Waals surface area contributed by atoms with Gasteiger partial charge in [-0.1, -0.05) is 55.4 Å². The van der Waals surface area contributed by atoms with Crippen LogP contribution < -0.4 is 0 Å². The van der Waals surface area contributed by atoms with Gasteiger partial charge in [0.25, 0.3) is 0 Å². The van der Waals surface area contributed by atoms with Gasteiger partial charge in [0.15, 0.2) is 0 Å². The van der Waals surface area contributed by atoms with Gasteiger partial charge in [0, 0.05) is 5.41 Å².